The Morgan fingerprint density at radius 1 is 0.897 bits per heavy atom. The highest BCUT2D eigenvalue weighted by Gasteiger charge is 2.46. The van der Waals surface area contributed by atoms with Gasteiger partial charge in [0.1, 0.15) is 0 Å². The molecule has 1 nitrogen and oxygen atoms in total. The zero-order valence-electron chi connectivity index (χ0n) is 19.4. The highest BCUT2D eigenvalue weighted by molar-refractivity contribution is 5.47. The van der Waals surface area contributed by atoms with Crippen LogP contribution in [0.1, 0.15) is 100 Å². The first-order chi connectivity index (χ1) is 13.5. The van der Waals surface area contributed by atoms with Gasteiger partial charge in [-0.2, -0.15) is 0 Å². The van der Waals surface area contributed by atoms with Crippen LogP contribution in [0.4, 0.5) is 0 Å². The van der Waals surface area contributed by atoms with Gasteiger partial charge >= 0.3 is 0 Å². The predicted molar refractivity (Wildman–Crippen MR) is 123 cm³/mol. The van der Waals surface area contributed by atoms with E-state index in [2.05, 4.69) is 84.9 Å². The largest absolute Gasteiger partial charge is 0.384 e. The van der Waals surface area contributed by atoms with E-state index in [1.807, 2.05) is 0 Å². The molecule has 0 heterocycles. The van der Waals surface area contributed by atoms with Crippen molar-refractivity contribution in [3.8, 4) is 0 Å². The van der Waals surface area contributed by atoms with Crippen molar-refractivity contribution < 1.29 is 5.11 Å². The van der Waals surface area contributed by atoms with Gasteiger partial charge in [0.15, 0.2) is 0 Å². The Morgan fingerprint density at radius 2 is 1.52 bits per heavy atom. The molecule has 3 atom stereocenters. The Morgan fingerprint density at radius 3 is 2.21 bits per heavy atom. The molecule has 2 aromatic carbocycles. The Hall–Kier alpha value is -1.60. The van der Waals surface area contributed by atoms with Crippen molar-refractivity contribution in [2.24, 2.45) is 5.92 Å². The molecule has 2 aromatic rings. The fourth-order valence-electron chi connectivity index (χ4n) is 5.97. The van der Waals surface area contributed by atoms with Crippen molar-refractivity contribution in [3.63, 3.8) is 0 Å². The molecule has 0 saturated heterocycles. The van der Waals surface area contributed by atoms with E-state index < -0.39 is 5.60 Å². The molecule has 0 radical (unpaired) electrons. The molecule has 29 heavy (non-hydrogen) atoms. The van der Waals surface area contributed by atoms with Crippen LogP contribution in [0.15, 0.2) is 36.4 Å². The van der Waals surface area contributed by atoms with Crippen LogP contribution in [0, 0.1) is 12.8 Å². The minimum atomic E-state index is -0.816. The second-order valence-electron chi connectivity index (χ2n) is 11.2. The molecule has 0 spiro atoms. The molecule has 0 fully saturated rings. The van der Waals surface area contributed by atoms with E-state index in [1.165, 1.54) is 40.7 Å². The molecule has 3 unspecified atom stereocenters. The molecular formula is C28H38O. The second kappa shape index (κ2) is 6.71. The van der Waals surface area contributed by atoms with Gasteiger partial charge in [-0.15, -0.1) is 0 Å². The molecule has 4 rings (SSSR count). The summed E-state index contributed by atoms with van der Waals surface area (Å²) in [5.74, 6) is 0.304. The Kier molecular flexibility index (Phi) is 4.78. The minimum absolute atomic E-state index is 0.0606. The zero-order valence-corrected chi connectivity index (χ0v) is 19.4. The van der Waals surface area contributed by atoms with Crippen LogP contribution in [0.25, 0.3) is 0 Å². The maximum atomic E-state index is 12.1. The molecule has 0 saturated carbocycles. The summed E-state index contributed by atoms with van der Waals surface area (Å²) in [4.78, 5) is 0. The van der Waals surface area contributed by atoms with Gasteiger partial charge in [0.2, 0.25) is 0 Å². The van der Waals surface area contributed by atoms with Gasteiger partial charge in [-0.3, -0.25) is 0 Å². The molecule has 2 aliphatic rings. The third-order valence-electron chi connectivity index (χ3n) is 8.33. The third-order valence-corrected chi connectivity index (χ3v) is 8.33. The summed E-state index contributed by atoms with van der Waals surface area (Å²) in [5.41, 5.74) is 7.61. The van der Waals surface area contributed by atoms with Gasteiger partial charge in [-0.05, 0) is 77.2 Å². The number of benzene rings is 2. The van der Waals surface area contributed by atoms with Crippen LogP contribution in [-0.2, 0) is 22.9 Å². The van der Waals surface area contributed by atoms with E-state index in [4.69, 9.17) is 0 Å². The van der Waals surface area contributed by atoms with Gasteiger partial charge in [-0.25, -0.2) is 0 Å². The minimum Gasteiger partial charge on any atom is -0.384 e. The molecule has 2 aliphatic carbocycles. The van der Waals surface area contributed by atoms with Crippen molar-refractivity contribution in [1.82, 2.24) is 0 Å². The van der Waals surface area contributed by atoms with Crippen LogP contribution in [0.5, 0.6) is 0 Å². The standard InChI is InChI=1S/C28H38O/c1-18-8-12-23-22(16-18)10-9-19(2)28(23,29)20(3)21-11-13-24-25(17-21)27(6,7)15-14-26(24,4)5/h8,11-13,16-17,19-20,29H,9-10,14-15H2,1-7H3. The maximum Gasteiger partial charge on any atom is 0.0990 e. The normalized spacial score (nSPS) is 28.3. The van der Waals surface area contributed by atoms with E-state index >= 15 is 0 Å². The molecule has 0 aromatic heterocycles. The first-order valence-electron chi connectivity index (χ1n) is 11.4. The Labute approximate surface area is 177 Å². The molecule has 1 N–H and O–H groups in total. The SMILES string of the molecule is Cc1ccc2c(c1)CCC(C)C2(O)C(C)c1ccc2c(c1)C(C)(C)CCC2(C)C. The number of aryl methyl sites for hydroxylation is 2. The number of rotatable bonds is 2. The second-order valence-corrected chi connectivity index (χ2v) is 11.2. The van der Waals surface area contributed by atoms with Crippen LogP contribution < -0.4 is 0 Å². The van der Waals surface area contributed by atoms with Crippen molar-refractivity contribution in [3.05, 3.63) is 69.8 Å². The highest BCUT2D eigenvalue weighted by Crippen LogP contribution is 2.51. The van der Waals surface area contributed by atoms with Gasteiger partial charge < -0.3 is 5.11 Å². The average molecular weight is 391 g/mol. The fraction of sp³-hybridized carbons (Fsp3) is 0.571. The Bertz CT molecular complexity index is 935. The van der Waals surface area contributed by atoms with E-state index in [0.29, 0.717) is 0 Å². The lowest BCUT2D eigenvalue weighted by atomic mass is 9.61. The quantitative estimate of drug-likeness (QED) is 0.590. The lowest BCUT2D eigenvalue weighted by Crippen LogP contribution is -2.43. The van der Waals surface area contributed by atoms with Crippen molar-refractivity contribution in [2.45, 2.75) is 96.5 Å². The summed E-state index contributed by atoms with van der Waals surface area (Å²) < 4.78 is 0. The van der Waals surface area contributed by atoms with Crippen LogP contribution in [0.3, 0.4) is 0 Å². The smallest absolute Gasteiger partial charge is 0.0990 e. The molecule has 156 valence electrons. The van der Waals surface area contributed by atoms with Crippen LogP contribution in [0.2, 0.25) is 0 Å². The molecular weight excluding hydrogens is 352 g/mol. The topological polar surface area (TPSA) is 20.2 Å². The Balaban J connectivity index is 1.83. The van der Waals surface area contributed by atoms with Crippen molar-refractivity contribution in [1.29, 1.82) is 0 Å². The van der Waals surface area contributed by atoms with Crippen LogP contribution >= 0.6 is 0 Å². The van der Waals surface area contributed by atoms with Crippen molar-refractivity contribution in [2.75, 3.05) is 0 Å². The first kappa shape index (κ1) is 20.7. The average Bonchev–Trinajstić information content (AvgIpc) is 2.67. The summed E-state index contributed by atoms with van der Waals surface area (Å²) >= 11 is 0. The third kappa shape index (κ3) is 3.17. The zero-order chi connectivity index (χ0) is 21.2. The molecule has 0 aliphatic heterocycles. The number of aliphatic hydroxyl groups is 1. The number of fused-ring (bicyclic) bond motifs is 2. The van der Waals surface area contributed by atoms with E-state index in [9.17, 15) is 5.11 Å². The monoisotopic (exact) mass is 390 g/mol. The van der Waals surface area contributed by atoms with E-state index in [-0.39, 0.29) is 22.7 Å². The van der Waals surface area contributed by atoms with Gasteiger partial charge in [-0.1, -0.05) is 83.5 Å². The summed E-state index contributed by atoms with van der Waals surface area (Å²) in [7, 11) is 0. The lowest BCUT2D eigenvalue weighted by Gasteiger charge is -2.46. The van der Waals surface area contributed by atoms with E-state index in [0.717, 1.165) is 18.4 Å². The summed E-state index contributed by atoms with van der Waals surface area (Å²) in [6.07, 6.45) is 4.56. The maximum absolute atomic E-state index is 12.1. The van der Waals surface area contributed by atoms with Gasteiger partial charge in [0.25, 0.3) is 0 Å². The van der Waals surface area contributed by atoms with Crippen molar-refractivity contribution >= 4 is 0 Å². The fourth-order valence-corrected chi connectivity index (χ4v) is 5.97. The summed E-state index contributed by atoms with van der Waals surface area (Å²) in [6.45, 7) is 16.1. The van der Waals surface area contributed by atoms with E-state index in [1.54, 1.807) is 0 Å². The highest BCUT2D eigenvalue weighted by atomic mass is 16.3. The molecule has 0 amide bonds. The molecule has 0 bridgehead atoms. The molecule has 1 heteroatoms. The summed E-state index contributed by atoms with van der Waals surface area (Å²) in [5, 5.41) is 12.1. The number of hydrogen-bond donors (Lipinski definition) is 1. The summed E-state index contributed by atoms with van der Waals surface area (Å²) in [6, 6.07) is 13.7. The first-order valence-corrected chi connectivity index (χ1v) is 11.4. The van der Waals surface area contributed by atoms with Gasteiger partial charge in [0.05, 0.1) is 5.60 Å². The van der Waals surface area contributed by atoms with Gasteiger partial charge in [0, 0.05) is 5.92 Å². The van der Waals surface area contributed by atoms with Crippen LogP contribution in [-0.4, -0.2) is 5.11 Å². The lowest BCUT2D eigenvalue weighted by molar-refractivity contribution is -0.0487. The number of hydrogen-bond acceptors (Lipinski definition) is 1. The predicted octanol–water partition coefficient (Wildman–Crippen LogP) is 6.92.